The number of thiophene rings is 1. The topological polar surface area (TPSA) is 104 Å². The van der Waals surface area contributed by atoms with Gasteiger partial charge >= 0.3 is 5.97 Å². The third-order valence-electron chi connectivity index (χ3n) is 5.14. The summed E-state index contributed by atoms with van der Waals surface area (Å²) in [6.45, 7) is 4.81. The minimum atomic E-state index is -0.963. The maximum absolute atomic E-state index is 12.7. The smallest absolute Gasteiger partial charge is 0.339 e. The van der Waals surface area contributed by atoms with Crippen molar-refractivity contribution >= 4 is 28.2 Å². The van der Waals surface area contributed by atoms with Crippen LogP contribution in [0.4, 0.5) is 5.00 Å². The number of nitrogens with one attached hydrogen (secondary N) is 2. The number of nitrogens with two attached hydrogens (primary N) is 1. The summed E-state index contributed by atoms with van der Waals surface area (Å²) < 4.78 is 0. The zero-order valence-electron chi connectivity index (χ0n) is 14.7. The molecular formula is C18H25N3O3S. The van der Waals surface area contributed by atoms with E-state index < -0.39 is 5.97 Å². The molecule has 25 heavy (non-hydrogen) atoms. The average Bonchev–Trinajstić information content (AvgIpc) is 3.10. The molecule has 0 bridgehead atoms. The van der Waals surface area contributed by atoms with E-state index in [1.54, 1.807) is 0 Å². The molecule has 0 spiro atoms. The van der Waals surface area contributed by atoms with Gasteiger partial charge in [-0.15, -0.1) is 11.3 Å². The van der Waals surface area contributed by atoms with Crippen LogP contribution in [0, 0.1) is 5.41 Å². The van der Waals surface area contributed by atoms with Crippen molar-refractivity contribution in [3.05, 3.63) is 27.2 Å². The number of anilines is 1. The number of rotatable bonds is 5. The van der Waals surface area contributed by atoms with Gasteiger partial charge in [-0.1, -0.05) is 13.8 Å². The Balaban J connectivity index is 1.91. The molecule has 1 heterocycles. The average molecular weight is 363 g/mol. The number of fused-ring (bicyclic) bond motifs is 1. The number of hydrogen-bond donors (Lipinski definition) is 4. The Bertz CT molecular complexity index is 749. The quantitative estimate of drug-likeness (QED) is 0.476. The molecule has 3 rings (SSSR count). The van der Waals surface area contributed by atoms with Crippen LogP contribution in [0.3, 0.4) is 0 Å². The standard InChI is InChI=1S/C18H25N3O3S/c1-18(2)7-6-13-12(8-18)14(17(23)24)16(25-13)21-15(22)11-5-3-4-10(11)9-20-19/h20H,3-9,19H2,1-2H3,(H,21,22)(H,23,24). The fourth-order valence-corrected chi connectivity index (χ4v) is 5.02. The van der Waals surface area contributed by atoms with Crippen LogP contribution < -0.4 is 16.6 Å². The Morgan fingerprint density at radius 1 is 1.28 bits per heavy atom. The number of carboxylic acid groups (broad SMARTS) is 1. The second-order valence-electron chi connectivity index (χ2n) is 7.62. The number of hydrazine groups is 1. The van der Waals surface area contributed by atoms with Crippen molar-refractivity contribution in [1.29, 1.82) is 0 Å². The number of amides is 1. The Morgan fingerprint density at radius 2 is 2.04 bits per heavy atom. The van der Waals surface area contributed by atoms with Gasteiger partial charge in [0, 0.05) is 17.0 Å². The lowest BCUT2D eigenvalue weighted by Gasteiger charge is -2.29. The molecule has 136 valence electrons. The number of aryl methyl sites for hydroxylation is 1. The number of carboxylic acids is 1. The lowest BCUT2D eigenvalue weighted by atomic mass is 9.76. The highest BCUT2D eigenvalue weighted by molar-refractivity contribution is 7.17. The highest BCUT2D eigenvalue weighted by Gasteiger charge is 2.33. The first kappa shape index (κ1) is 18.1. The number of carbonyl (C=O) groups excluding carboxylic acids is 1. The molecule has 0 aromatic carbocycles. The Kier molecular flexibility index (Phi) is 4.99. The van der Waals surface area contributed by atoms with E-state index >= 15 is 0 Å². The van der Waals surface area contributed by atoms with E-state index in [1.807, 2.05) is 0 Å². The molecule has 1 amide bonds. The molecule has 1 aromatic heterocycles. The minimum absolute atomic E-state index is 0.0908. The van der Waals surface area contributed by atoms with Crippen LogP contribution in [0.5, 0.6) is 0 Å². The maximum Gasteiger partial charge on any atom is 0.339 e. The maximum atomic E-state index is 12.7. The molecule has 0 atom stereocenters. The second kappa shape index (κ2) is 6.90. The van der Waals surface area contributed by atoms with Crippen LogP contribution in [-0.2, 0) is 17.6 Å². The van der Waals surface area contributed by atoms with Crippen molar-refractivity contribution < 1.29 is 14.7 Å². The van der Waals surface area contributed by atoms with Gasteiger partial charge in [0.15, 0.2) is 0 Å². The van der Waals surface area contributed by atoms with E-state index in [9.17, 15) is 14.7 Å². The third kappa shape index (κ3) is 3.63. The molecule has 0 saturated carbocycles. The minimum Gasteiger partial charge on any atom is -0.478 e. The van der Waals surface area contributed by atoms with Crippen LogP contribution in [-0.4, -0.2) is 23.5 Å². The molecule has 5 N–H and O–H groups in total. The highest BCUT2D eigenvalue weighted by atomic mass is 32.1. The van der Waals surface area contributed by atoms with Gasteiger partial charge in [-0.3, -0.25) is 16.1 Å². The summed E-state index contributed by atoms with van der Waals surface area (Å²) in [4.78, 5) is 25.6. The Hall–Kier alpha value is -1.70. The van der Waals surface area contributed by atoms with Gasteiger partial charge in [-0.05, 0) is 55.1 Å². The molecule has 0 fully saturated rings. The molecule has 7 heteroatoms. The predicted octanol–water partition coefficient (Wildman–Crippen LogP) is 2.84. The van der Waals surface area contributed by atoms with E-state index in [0.29, 0.717) is 18.0 Å². The van der Waals surface area contributed by atoms with Gasteiger partial charge in [0.1, 0.15) is 5.00 Å². The van der Waals surface area contributed by atoms with E-state index in [-0.39, 0.29) is 16.9 Å². The molecule has 0 aliphatic heterocycles. The molecule has 2 aliphatic carbocycles. The van der Waals surface area contributed by atoms with Crippen molar-refractivity contribution in [3.8, 4) is 0 Å². The lowest BCUT2D eigenvalue weighted by Crippen LogP contribution is -2.26. The molecule has 6 nitrogen and oxygen atoms in total. The van der Waals surface area contributed by atoms with Crippen LogP contribution in [0.1, 0.15) is 60.3 Å². The highest BCUT2D eigenvalue weighted by Crippen LogP contribution is 2.44. The summed E-state index contributed by atoms with van der Waals surface area (Å²) in [5.41, 5.74) is 5.62. The summed E-state index contributed by atoms with van der Waals surface area (Å²) in [5, 5.41) is 13.1. The van der Waals surface area contributed by atoms with Gasteiger partial charge in [-0.25, -0.2) is 4.79 Å². The van der Waals surface area contributed by atoms with E-state index in [2.05, 4.69) is 24.6 Å². The second-order valence-corrected chi connectivity index (χ2v) is 8.73. The number of hydrogen-bond acceptors (Lipinski definition) is 5. The molecular weight excluding hydrogens is 338 g/mol. The predicted molar refractivity (Wildman–Crippen MR) is 98.8 cm³/mol. The molecule has 0 saturated heterocycles. The number of aromatic carboxylic acids is 1. The van der Waals surface area contributed by atoms with Crippen LogP contribution >= 0.6 is 11.3 Å². The van der Waals surface area contributed by atoms with Gasteiger partial charge in [-0.2, -0.15) is 0 Å². The Morgan fingerprint density at radius 3 is 2.72 bits per heavy atom. The van der Waals surface area contributed by atoms with Crippen molar-refractivity contribution in [3.63, 3.8) is 0 Å². The van der Waals surface area contributed by atoms with E-state index in [0.717, 1.165) is 53.7 Å². The first-order valence-corrected chi connectivity index (χ1v) is 9.47. The van der Waals surface area contributed by atoms with Crippen molar-refractivity contribution in [2.24, 2.45) is 11.3 Å². The van der Waals surface area contributed by atoms with E-state index in [1.165, 1.54) is 11.3 Å². The zero-order chi connectivity index (χ0) is 18.2. The first-order chi connectivity index (χ1) is 11.8. The van der Waals surface area contributed by atoms with Gasteiger partial charge in [0.25, 0.3) is 5.91 Å². The van der Waals surface area contributed by atoms with Crippen molar-refractivity contribution in [1.82, 2.24) is 5.43 Å². The van der Waals surface area contributed by atoms with Crippen molar-refractivity contribution in [2.45, 2.75) is 52.4 Å². The number of carbonyl (C=O) groups is 2. The van der Waals surface area contributed by atoms with Crippen molar-refractivity contribution in [2.75, 3.05) is 11.9 Å². The fourth-order valence-electron chi connectivity index (χ4n) is 3.81. The summed E-state index contributed by atoms with van der Waals surface area (Å²) in [7, 11) is 0. The van der Waals surface area contributed by atoms with Gasteiger partial charge < -0.3 is 10.4 Å². The molecule has 0 unspecified atom stereocenters. The fraction of sp³-hybridized carbons (Fsp3) is 0.556. The van der Waals surface area contributed by atoms with Gasteiger partial charge in [0.2, 0.25) is 0 Å². The third-order valence-corrected chi connectivity index (χ3v) is 6.34. The monoisotopic (exact) mass is 363 g/mol. The summed E-state index contributed by atoms with van der Waals surface area (Å²) in [6.07, 6.45) is 5.14. The summed E-state index contributed by atoms with van der Waals surface area (Å²) in [6, 6.07) is 0. The largest absolute Gasteiger partial charge is 0.478 e. The molecule has 1 aromatic rings. The summed E-state index contributed by atoms with van der Waals surface area (Å²) >= 11 is 1.42. The zero-order valence-corrected chi connectivity index (χ0v) is 15.5. The SMILES string of the molecule is CC1(C)CCc2sc(NC(=O)C3=C(CNN)CCC3)c(C(=O)O)c2C1. The lowest BCUT2D eigenvalue weighted by molar-refractivity contribution is -0.112. The van der Waals surface area contributed by atoms with Crippen LogP contribution in [0.2, 0.25) is 0 Å². The first-order valence-electron chi connectivity index (χ1n) is 8.66. The van der Waals surface area contributed by atoms with Crippen LogP contribution in [0.25, 0.3) is 0 Å². The van der Waals surface area contributed by atoms with Crippen LogP contribution in [0.15, 0.2) is 11.1 Å². The molecule has 0 radical (unpaired) electrons. The summed E-state index contributed by atoms with van der Waals surface area (Å²) in [5.74, 6) is 4.23. The van der Waals surface area contributed by atoms with Gasteiger partial charge in [0.05, 0.1) is 5.56 Å². The molecule has 2 aliphatic rings. The Labute approximate surface area is 151 Å². The normalized spacial score (nSPS) is 19.0. The van der Waals surface area contributed by atoms with E-state index in [4.69, 9.17) is 5.84 Å².